The molecule has 0 unspecified atom stereocenters. The van der Waals surface area contributed by atoms with E-state index in [-0.39, 0.29) is 46.3 Å². The van der Waals surface area contributed by atoms with Gasteiger partial charge in [0.2, 0.25) is 0 Å². The molecule has 338 valence electrons. The molecule has 0 saturated carbocycles. The predicted octanol–water partition coefficient (Wildman–Crippen LogP) is 10.4. The molecular weight excluding hydrogens is 834 g/mol. The first-order chi connectivity index (χ1) is 29.2. The van der Waals surface area contributed by atoms with Gasteiger partial charge in [0.15, 0.2) is 0 Å². The first kappa shape index (κ1) is 57.4. The van der Waals surface area contributed by atoms with E-state index in [0.717, 1.165) is 36.0 Å². The Morgan fingerprint density at radius 3 is 0.919 bits per heavy atom. The quantitative estimate of drug-likeness (QED) is 0.244. The topological polar surface area (TPSA) is 112 Å². The summed E-state index contributed by atoms with van der Waals surface area (Å²) in [6.07, 6.45) is 21.6. The summed E-state index contributed by atoms with van der Waals surface area (Å²) in [6, 6.07) is 12.9. The van der Waals surface area contributed by atoms with Crippen LogP contribution in [0.2, 0.25) is 0 Å². The molecule has 6 rings (SSSR count). The average molecular weight is 907 g/mol. The summed E-state index contributed by atoms with van der Waals surface area (Å²) in [5.41, 5.74) is 9.16. The summed E-state index contributed by atoms with van der Waals surface area (Å²) in [6.45, 7) is 25.8. The van der Waals surface area contributed by atoms with Crippen LogP contribution >= 0.6 is 0 Å². The summed E-state index contributed by atoms with van der Waals surface area (Å²) < 4.78 is 31.3. The first-order valence-corrected chi connectivity index (χ1v) is 21.8. The van der Waals surface area contributed by atoms with Gasteiger partial charge in [-0.1, -0.05) is 150 Å². The van der Waals surface area contributed by atoms with Crippen LogP contribution in [-0.2, 0) is 45.2 Å². The van der Waals surface area contributed by atoms with Crippen LogP contribution in [0, 0.1) is 0 Å². The molecule has 0 aliphatic carbocycles. The van der Waals surface area contributed by atoms with Crippen LogP contribution in [-0.4, -0.2) is 79.3 Å². The van der Waals surface area contributed by atoms with Crippen LogP contribution in [0.4, 0.5) is 11.4 Å². The first-order valence-electron chi connectivity index (χ1n) is 21.8. The molecule has 10 nitrogen and oxygen atoms in total. The second-order valence-electron chi connectivity index (χ2n) is 15.6. The van der Waals surface area contributed by atoms with Crippen LogP contribution in [0.25, 0.3) is 21.3 Å². The van der Waals surface area contributed by atoms with Gasteiger partial charge in [-0.25, -0.2) is 0 Å². The molecule has 0 amide bonds. The molecule has 4 aliphatic heterocycles. The van der Waals surface area contributed by atoms with Gasteiger partial charge in [0.05, 0.1) is 66.1 Å². The van der Waals surface area contributed by atoms with Crippen molar-refractivity contribution in [2.75, 3.05) is 79.3 Å². The minimum atomic E-state index is 0. The fraction of sp³-hybridized carbons (Fsp3) is 0.520. The van der Waals surface area contributed by atoms with Gasteiger partial charge in [-0.05, 0) is 36.5 Å². The van der Waals surface area contributed by atoms with Gasteiger partial charge in [-0.15, -0.1) is 11.4 Å². The summed E-state index contributed by atoms with van der Waals surface area (Å²) in [5, 5.41) is 18.0. The SMILES string of the molecule is C1CCOC1.C1COCCOCCOCCOCCO1.CC(C)c1cccc(C(C)C)c1[N-]/C=C1/C=CC=C[N-]1.CC(C)c1cccc(C(C)C)c1[N-]/C=C1/C=CC=C[N-]1.[Co+3].[Na+]. The summed E-state index contributed by atoms with van der Waals surface area (Å²) in [4.78, 5) is 0. The van der Waals surface area contributed by atoms with Crippen LogP contribution in [0.1, 0.15) is 114 Å². The molecule has 4 aliphatic rings. The molecule has 0 bridgehead atoms. The fourth-order valence-corrected chi connectivity index (χ4v) is 6.10. The predicted molar refractivity (Wildman–Crippen MR) is 249 cm³/mol. The van der Waals surface area contributed by atoms with Crippen molar-refractivity contribution >= 4 is 11.4 Å². The van der Waals surface area contributed by atoms with Crippen molar-refractivity contribution in [1.29, 1.82) is 0 Å². The third kappa shape index (κ3) is 23.9. The van der Waals surface area contributed by atoms with E-state index in [4.69, 9.17) is 39.1 Å². The number of ether oxygens (including phenoxy) is 6. The zero-order valence-corrected chi connectivity index (χ0v) is 42.1. The Bertz CT molecular complexity index is 1450. The Morgan fingerprint density at radius 2 is 0.710 bits per heavy atom. The van der Waals surface area contributed by atoms with E-state index in [1.54, 1.807) is 12.4 Å². The van der Waals surface area contributed by atoms with E-state index in [1.165, 1.54) is 35.1 Å². The Morgan fingerprint density at radius 1 is 0.435 bits per heavy atom. The maximum atomic E-state index is 5.28. The molecule has 0 N–H and O–H groups in total. The Balaban J connectivity index is 0.000000436. The third-order valence-electron chi connectivity index (χ3n) is 9.40. The molecule has 2 aromatic rings. The monoisotopic (exact) mass is 906 g/mol. The smallest absolute Gasteiger partial charge is 0.666 e. The number of benzene rings is 2. The number of nitrogens with zero attached hydrogens (tertiary/aromatic N) is 4. The number of rotatable bonds is 8. The van der Waals surface area contributed by atoms with Gasteiger partial charge in [0, 0.05) is 13.2 Å². The molecule has 62 heavy (non-hydrogen) atoms. The van der Waals surface area contributed by atoms with Gasteiger partial charge in [-0.2, -0.15) is 36.2 Å². The van der Waals surface area contributed by atoms with Crippen LogP contribution in [0.5, 0.6) is 0 Å². The van der Waals surface area contributed by atoms with Gasteiger partial charge < -0.3 is 49.7 Å². The number of para-hydroxylation sites is 2. The Labute approximate surface area is 407 Å². The van der Waals surface area contributed by atoms with Crippen LogP contribution < -0.4 is 29.6 Å². The summed E-state index contributed by atoms with van der Waals surface area (Å²) in [7, 11) is 0. The minimum absolute atomic E-state index is 0. The van der Waals surface area contributed by atoms with Crippen molar-refractivity contribution in [3.8, 4) is 0 Å². The van der Waals surface area contributed by atoms with E-state index < -0.39 is 0 Å². The van der Waals surface area contributed by atoms with Gasteiger partial charge in [-0.3, -0.25) is 0 Å². The molecule has 0 spiro atoms. The molecular formula is C50H72CoN4NaO6. The number of allylic oxidation sites excluding steroid dienone is 6. The average Bonchev–Trinajstić information content (AvgIpc) is 3.85. The summed E-state index contributed by atoms with van der Waals surface area (Å²) >= 11 is 0. The van der Waals surface area contributed by atoms with Crippen molar-refractivity contribution in [3.63, 3.8) is 0 Å². The maximum absolute atomic E-state index is 5.28. The van der Waals surface area contributed by atoms with Gasteiger partial charge in [0.1, 0.15) is 0 Å². The van der Waals surface area contributed by atoms with E-state index >= 15 is 0 Å². The largest absolute Gasteiger partial charge is 3.00 e. The second kappa shape index (κ2) is 35.7. The molecule has 0 aromatic heterocycles. The van der Waals surface area contributed by atoms with Crippen LogP contribution in [0.15, 0.2) is 109 Å². The standard InChI is InChI=1S/2C18H22N2.C10H20O5.C4H8O.Co.Na/c2*1-13(2)16-9-7-10-17(14(3)4)18(16)20-12-15-8-5-6-11-19-15;1-2-12-5-6-14-9-10-15-8-7-13-4-3-11-1;1-2-4-5-3-1;;/h2*5-14H,1-4H3;1-10H2;1-4H2;;/q2*-2;;;+3;+1/b2*15-12-;;;;. The zero-order valence-electron chi connectivity index (χ0n) is 39.0. The normalized spacial score (nSPS) is 18.1. The molecule has 0 atom stereocenters. The third-order valence-corrected chi connectivity index (χ3v) is 9.40. The van der Waals surface area contributed by atoms with Crippen molar-refractivity contribution in [2.45, 2.75) is 91.9 Å². The van der Waals surface area contributed by atoms with Crippen molar-refractivity contribution in [3.05, 3.63) is 153 Å². The maximum Gasteiger partial charge on any atom is 3.00 e. The molecule has 2 aromatic carbocycles. The summed E-state index contributed by atoms with van der Waals surface area (Å²) in [5.74, 6) is 1.85. The Hall–Kier alpha value is -2.65. The van der Waals surface area contributed by atoms with Crippen molar-refractivity contribution in [1.82, 2.24) is 0 Å². The van der Waals surface area contributed by atoms with Crippen LogP contribution in [0.3, 0.4) is 0 Å². The van der Waals surface area contributed by atoms with E-state index in [2.05, 4.69) is 102 Å². The van der Waals surface area contributed by atoms with E-state index in [0.29, 0.717) is 89.7 Å². The molecule has 12 heteroatoms. The van der Waals surface area contributed by atoms with E-state index in [9.17, 15) is 0 Å². The van der Waals surface area contributed by atoms with Gasteiger partial charge in [0.25, 0.3) is 0 Å². The molecule has 2 fully saturated rings. The number of hydrogen-bond donors (Lipinski definition) is 0. The zero-order chi connectivity index (χ0) is 43.2. The molecule has 0 radical (unpaired) electrons. The second-order valence-corrected chi connectivity index (χ2v) is 15.6. The van der Waals surface area contributed by atoms with Crippen molar-refractivity contribution < 1.29 is 74.8 Å². The Kier molecular flexibility index (Phi) is 33.0. The van der Waals surface area contributed by atoms with Gasteiger partial charge >= 0.3 is 46.3 Å². The van der Waals surface area contributed by atoms with E-state index in [1.807, 2.05) is 48.9 Å². The van der Waals surface area contributed by atoms with Crippen molar-refractivity contribution in [2.24, 2.45) is 0 Å². The molecule has 4 heterocycles. The molecule has 2 saturated heterocycles. The minimum Gasteiger partial charge on any atom is -0.666 e. The number of hydrogen-bond acceptors (Lipinski definition) is 6. The fourth-order valence-electron chi connectivity index (χ4n) is 6.10.